The molecule has 0 atom stereocenters. The van der Waals surface area contributed by atoms with E-state index in [1.807, 2.05) is 43.3 Å². The van der Waals surface area contributed by atoms with Gasteiger partial charge < -0.3 is 4.74 Å². The zero-order chi connectivity index (χ0) is 14.7. The van der Waals surface area contributed by atoms with E-state index in [0.717, 1.165) is 32.1 Å². The fraction of sp³-hybridized carbons (Fsp3) is 0.118. The summed E-state index contributed by atoms with van der Waals surface area (Å²) in [6.45, 7) is 2.64. The van der Waals surface area contributed by atoms with Gasteiger partial charge in [0.25, 0.3) is 0 Å². The van der Waals surface area contributed by atoms with Crippen molar-refractivity contribution in [2.24, 2.45) is 0 Å². The van der Waals surface area contributed by atoms with Crippen LogP contribution in [-0.2, 0) is 0 Å². The number of ether oxygens (including phenoxy) is 1. The van der Waals surface area contributed by atoms with Gasteiger partial charge in [0.15, 0.2) is 0 Å². The zero-order valence-corrected chi connectivity index (χ0v) is 13.9. The predicted molar refractivity (Wildman–Crippen MR) is 91.9 cm³/mol. The topological polar surface area (TPSA) is 22.1 Å². The number of benzene rings is 2. The van der Waals surface area contributed by atoms with Gasteiger partial charge >= 0.3 is 0 Å². The van der Waals surface area contributed by atoms with Crippen LogP contribution in [0.4, 0.5) is 0 Å². The first-order chi connectivity index (χ1) is 10.3. The van der Waals surface area contributed by atoms with Gasteiger partial charge in [-0.1, -0.05) is 40.2 Å². The molecule has 1 heterocycles. The summed E-state index contributed by atoms with van der Waals surface area (Å²) in [5.41, 5.74) is 3.13. The predicted octanol–water partition coefficient (Wildman–Crippen LogP) is 5.64. The highest BCUT2D eigenvalue weighted by atomic mass is 79.9. The maximum atomic E-state index is 5.68. The summed E-state index contributed by atoms with van der Waals surface area (Å²) in [6.07, 6.45) is 0. The molecule has 2 nitrogen and oxygen atoms in total. The Morgan fingerprint density at radius 1 is 1.10 bits per heavy atom. The number of rotatable bonds is 4. The second-order valence-corrected chi connectivity index (χ2v) is 6.25. The molecule has 0 N–H and O–H groups in total. The lowest BCUT2D eigenvalue weighted by Crippen LogP contribution is -1.93. The van der Waals surface area contributed by atoms with Gasteiger partial charge in [-0.3, -0.25) is 0 Å². The SMILES string of the molecule is CCOc1ccccc1-c1csc(-c2ccc(Br)cc2)n1. The third-order valence-electron chi connectivity index (χ3n) is 3.06. The molecule has 21 heavy (non-hydrogen) atoms. The monoisotopic (exact) mass is 359 g/mol. The maximum absolute atomic E-state index is 5.68. The highest BCUT2D eigenvalue weighted by Crippen LogP contribution is 2.34. The van der Waals surface area contributed by atoms with Crippen molar-refractivity contribution < 1.29 is 4.74 Å². The van der Waals surface area contributed by atoms with E-state index in [1.165, 1.54) is 0 Å². The molecular formula is C17H14BrNOS. The van der Waals surface area contributed by atoms with Crippen LogP contribution < -0.4 is 4.74 Å². The lowest BCUT2D eigenvalue weighted by molar-refractivity contribution is 0.341. The van der Waals surface area contributed by atoms with Gasteiger partial charge in [-0.25, -0.2) is 4.98 Å². The number of hydrogen-bond donors (Lipinski definition) is 0. The van der Waals surface area contributed by atoms with Crippen LogP contribution in [0.15, 0.2) is 58.4 Å². The lowest BCUT2D eigenvalue weighted by atomic mass is 10.1. The third-order valence-corrected chi connectivity index (χ3v) is 4.48. The molecule has 0 aliphatic heterocycles. The van der Waals surface area contributed by atoms with Gasteiger partial charge in [0.2, 0.25) is 0 Å². The Bertz CT molecular complexity index is 737. The summed E-state index contributed by atoms with van der Waals surface area (Å²) in [5, 5.41) is 3.10. The number of halogens is 1. The highest BCUT2D eigenvalue weighted by Gasteiger charge is 2.10. The normalized spacial score (nSPS) is 10.6. The Labute approximate surface area is 136 Å². The minimum absolute atomic E-state index is 0.653. The molecule has 4 heteroatoms. The van der Waals surface area contributed by atoms with E-state index in [1.54, 1.807) is 11.3 Å². The van der Waals surface area contributed by atoms with Crippen molar-refractivity contribution in [1.82, 2.24) is 4.98 Å². The molecule has 0 aliphatic rings. The van der Waals surface area contributed by atoms with Gasteiger partial charge in [-0.2, -0.15) is 0 Å². The smallest absolute Gasteiger partial charge is 0.128 e. The molecule has 1 aromatic heterocycles. The fourth-order valence-electron chi connectivity index (χ4n) is 2.08. The number of para-hydroxylation sites is 1. The minimum Gasteiger partial charge on any atom is -0.493 e. The largest absolute Gasteiger partial charge is 0.493 e. The van der Waals surface area contributed by atoms with Crippen molar-refractivity contribution in [3.05, 3.63) is 58.4 Å². The molecule has 0 aliphatic carbocycles. The van der Waals surface area contributed by atoms with Gasteiger partial charge in [-0.15, -0.1) is 11.3 Å². The molecule has 0 saturated heterocycles. The van der Waals surface area contributed by atoms with Crippen molar-refractivity contribution in [3.63, 3.8) is 0 Å². The van der Waals surface area contributed by atoms with Crippen LogP contribution in [-0.4, -0.2) is 11.6 Å². The summed E-state index contributed by atoms with van der Waals surface area (Å²) in [6, 6.07) is 16.2. The van der Waals surface area contributed by atoms with Crippen LogP contribution in [0.25, 0.3) is 21.8 Å². The van der Waals surface area contributed by atoms with E-state index in [0.29, 0.717) is 6.61 Å². The molecule has 0 bridgehead atoms. The molecule has 3 rings (SSSR count). The second-order valence-electron chi connectivity index (χ2n) is 4.47. The number of aromatic nitrogens is 1. The molecule has 0 fully saturated rings. The van der Waals surface area contributed by atoms with Crippen molar-refractivity contribution >= 4 is 27.3 Å². The molecule has 106 valence electrons. The lowest BCUT2D eigenvalue weighted by Gasteiger charge is -2.07. The van der Waals surface area contributed by atoms with E-state index >= 15 is 0 Å². The Morgan fingerprint density at radius 3 is 2.62 bits per heavy atom. The molecule has 3 aromatic rings. The average molecular weight is 360 g/mol. The van der Waals surface area contributed by atoms with Crippen molar-refractivity contribution in [2.75, 3.05) is 6.61 Å². The summed E-state index contributed by atoms with van der Waals surface area (Å²) < 4.78 is 6.75. The van der Waals surface area contributed by atoms with Crippen LogP contribution in [0, 0.1) is 0 Å². The van der Waals surface area contributed by atoms with E-state index in [-0.39, 0.29) is 0 Å². The molecular weight excluding hydrogens is 346 g/mol. The van der Waals surface area contributed by atoms with Crippen molar-refractivity contribution in [3.8, 4) is 27.6 Å². The highest BCUT2D eigenvalue weighted by molar-refractivity contribution is 9.10. The van der Waals surface area contributed by atoms with Gasteiger partial charge in [0, 0.05) is 21.0 Å². The molecule has 0 saturated carbocycles. The Hall–Kier alpha value is -1.65. The minimum atomic E-state index is 0.653. The second kappa shape index (κ2) is 6.41. The quantitative estimate of drug-likeness (QED) is 0.601. The van der Waals surface area contributed by atoms with Crippen molar-refractivity contribution in [1.29, 1.82) is 0 Å². The first-order valence-electron chi connectivity index (χ1n) is 6.71. The number of thiazole rings is 1. The standard InChI is InChI=1S/C17H14BrNOS/c1-2-20-16-6-4-3-5-14(16)15-11-21-17(19-15)12-7-9-13(18)10-8-12/h3-11H,2H2,1H3. The third kappa shape index (κ3) is 3.17. The van der Waals surface area contributed by atoms with E-state index in [9.17, 15) is 0 Å². The molecule has 0 amide bonds. The summed E-state index contributed by atoms with van der Waals surface area (Å²) in [5.74, 6) is 0.882. The molecule has 0 radical (unpaired) electrons. The maximum Gasteiger partial charge on any atom is 0.128 e. The molecule has 2 aromatic carbocycles. The fourth-order valence-corrected chi connectivity index (χ4v) is 3.17. The van der Waals surface area contributed by atoms with Crippen LogP contribution in [0.3, 0.4) is 0 Å². The van der Waals surface area contributed by atoms with Gasteiger partial charge in [0.1, 0.15) is 10.8 Å². The van der Waals surface area contributed by atoms with E-state index in [2.05, 4.69) is 33.4 Å². The zero-order valence-electron chi connectivity index (χ0n) is 11.5. The Kier molecular flexibility index (Phi) is 4.36. The molecule has 0 unspecified atom stereocenters. The average Bonchev–Trinajstić information content (AvgIpc) is 2.99. The summed E-state index contributed by atoms with van der Waals surface area (Å²) in [7, 11) is 0. The Morgan fingerprint density at radius 2 is 1.86 bits per heavy atom. The number of hydrogen-bond acceptors (Lipinski definition) is 3. The first-order valence-corrected chi connectivity index (χ1v) is 8.39. The van der Waals surface area contributed by atoms with Gasteiger partial charge in [0.05, 0.1) is 12.3 Å². The van der Waals surface area contributed by atoms with Crippen LogP contribution >= 0.6 is 27.3 Å². The van der Waals surface area contributed by atoms with Crippen LogP contribution in [0.5, 0.6) is 5.75 Å². The van der Waals surface area contributed by atoms with Crippen LogP contribution in [0.1, 0.15) is 6.92 Å². The van der Waals surface area contributed by atoms with Gasteiger partial charge in [-0.05, 0) is 31.2 Å². The number of nitrogens with zero attached hydrogens (tertiary/aromatic N) is 1. The molecule has 0 spiro atoms. The summed E-state index contributed by atoms with van der Waals surface area (Å²) >= 11 is 5.10. The van der Waals surface area contributed by atoms with E-state index in [4.69, 9.17) is 9.72 Å². The first kappa shape index (κ1) is 14.3. The van der Waals surface area contributed by atoms with Crippen LogP contribution in [0.2, 0.25) is 0 Å². The van der Waals surface area contributed by atoms with Crippen molar-refractivity contribution in [2.45, 2.75) is 6.92 Å². The summed E-state index contributed by atoms with van der Waals surface area (Å²) in [4.78, 5) is 4.75. The van der Waals surface area contributed by atoms with E-state index < -0.39 is 0 Å². The Balaban J connectivity index is 1.97.